The van der Waals surface area contributed by atoms with E-state index in [2.05, 4.69) is 10.6 Å². The molecule has 1 aromatic heterocycles. The summed E-state index contributed by atoms with van der Waals surface area (Å²) < 4.78 is 0. The number of carbonyl (C=O) groups excluding carboxylic acids is 1. The molecule has 1 amide bonds. The molecule has 0 bridgehead atoms. The van der Waals surface area contributed by atoms with Crippen molar-refractivity contribution in [2.24, 2.45) is 0 Å². The van der Waals surface area contributed by atoms with Gasteiger partial charge in [0.25, 0.3) is 0 Å². The lowest BCUT2D eigenvalue weighted by Gasteiger charge is -2.29. The first kappa shape index (κ1) is 22.1. The van der Waals surface area contributed by atoms with Gasteiger partial charge in [-0.05, 0) is 55.5 Å². The number of amides is 1. The minimum absolute atomic E-state index is 0.0881. The summed E-state index contributed by atoms with van der Waals surface area (Å²) in [5.41, 5.74) is 1.77. The second-order valence-electron chi connectivity index (χ2n) is 8.34. The van der Waals surface area contributed by atoms with Gasteiger partial charge in [-0.15, -0.1) is 0 Å². The Labute approximate surface area is 193 Å². The van der Waals surface area contributed by atoms with Gasteiger partial charge in [0, 0.05) is 42.7 Å². The Morgan fingerprint density at radius 3 is 2.44 bits per heavy atom. The van der Waals surface area contributed by atoms with Gasteiger partial charge in [-0.2, -0.15) is 4.98 Å². The molecule has 1 fully saturated rings. The van der Waals surface area contributed by atoms with Gasteiger partial charge >= 0.3 is 0 Å². The zero-order chi connectivity index (χ0) is 22.5. The predicted molar refractivity (Wildman–Crippen MR) is 132 cm³/mol. The fraction of sp³-hybridized carbons (Fsp3) is 0.320. The van der Waals surface area contributed by atoms with Crippen LogP contribution in [0.15, 0.2) is 54.6 Å². The fourth-order valence-electron chi connectivity index (χ4n) is 4.05. The van der Waals surface area contributed by atoms with Crippen molar-refractivity contribution >= 4 is 46.3 Å². The van der Waals surface area contributed by atoms with Crippen LogP contribution in [0.4, 0.5) is 11.8 Å². The second kappa shape index (κ2) is 10.0. The van der Waals surface area contributed by atoms with Crippen molar-refractivity contribution in [3.05, 3.63) is 65.2 Å². The SMILES string of the molecule is CN(C)c1nc(NC2CCC(NC(=O)/C=C/c3ccccc3Cl)CC2)nc2ccccc12. The van der Waals surface area contributed by atoms with Crippen LogP contribution in [-0.4, -0.2) is 42.1 Å². The maximum Gasteiger partial charge on any atom is 0.244 e. The van der Waals surface area contributed by atoms with Gasteiger partial charge in [0.15, 0.2) is 0 Å². The number of nitrogens with one attached hydrogen (secondary N) is 2. The quantitative estimate of drug-likeness (QED) is 0.523. The van der Waals surface area contributed by atoms with E-state index in [1.54, 1.807) is 12.2 Å². The molecule has 7 heteroatoms. The van der Waals surface area contributed by atoms with E-state index < -0.39 is 0 Å². The maximum absolute atomic E-state index is 12.3. The standard InChI is InChI=1S/C25H28ClN5O/c1-31(2)24-20-8-4-6-10-22(20)29-25(30-24)28-19-14-12-18(13-15-19)27-23(32)16-11-17-7-3-5-9-21(17)26/h3-11,16,18-19H,12-15H2,1-2H3,(H,27,32)(H,28,29,30)/b16-11+. The molecule has 1 heterocycles. The lowest BCUT2D eigenvalue weighted by atomic mass is 9.91. The first-order chi connectivity index (χ1) is 15.5. The van der Waals surface area contributed by atoms with E-state index in [-0.39, 0.29) is 18.0 Å². The number of carbonyl (C=O) groups is 1. The number of aromatic nitrogens is 2. The summed E-state index contributed by atoms with van der Waals surface area (Å²) in [6, 6.07) is 16.0. The molecule has 0 saturated heterocycles. The molecule has 0 unspecified atom stereocenters. The first-order valence-electron chi connectivity index (χ1n) is 10.9. The molecule has 3 aromatic rings. The van der Waals surface area contributed by atoms with Gasteiger partial charge in [-0.25, -0.2) is 4.98 Å². The van der Waals surface area contributed by atoms with Gasteiger partial charge in [0.2, 0.25) is 11.9 Å². The summed E-state index contributed by atoms with van der Waals surface area (Å²) >= 11 is 6.14. The molecule has 0 radical (unpaired) electrons. The van der Waals surface area contributed by atoms with Crippen LogP contribution in [-0.2, 0) is 4.79 Å². The Morgan fingerprint density at radius 1 is 1.00 bits per heavy atom. The third-order valence-electron chi connectivity index (χ3n) is 5.73. The largest absolute Gasteiger partial charge is 0.362 e. The summed E-state index contributed by atoms with van der Waals surface area (Å²) in [6.45, 7) is 0. The molecule has 0 aliphatic heterocycles. The third kappa shape index (κ3) is 5.37. The summed E-state index contributed by atoms with van der Waals surface area (Å²) in [5, 5.41) is 8.29. The van der Waals surface area contributed by atoms with Gasteiger partial charge in [0.05, 0.1) is 5.52 Å². The Balaban J connectivity index is 1.32. The number of para-hydroxylation sites is 1. The van der Waals surface area contributed by atoms with E-state index in [4.69, 9.17) is 21.6 Å². The van der Waals surface area contributed by atoms with Crippen molar-refractivity contribution < 1.29 is 4.79 Å². The Morgan fingerprint density at radius 2 is 1.69 bits per heavy atom. The molecule has 1 aliphatic rings. The smallest absolute Gasteiger partial charge is 0.244 e. The van der Waals surface area contributed by atoms with E-state index in [0.29, 0.717) is 11.0 Å². The van der Waals surface area contributed by atoms with Crippen LogP contribution >= 0.6 is 11.6 Å². The summed E-state index contributed by atoms with van der Waals surface area (Å²) in [4.78, 5) is 23.8. The molecular weight excluding hydrogens is 422 g/mol. The predicted octanol–water partition coefficient (Wildman–Crippen LogP) is 4.90. The fourth-order valence-corrected chi connectivity index (χ4v) is 4.25. The molecular formula is C25H28ClN5O. The van der Waals surface area contributed by atoms with Crippen molar-refractivity contribution in [2.75, 3.05) is 24.3 Å². The molecule has 0 atom stereocenters. The molecule has 6 nitrogen and oxygen atoms in total. The minimum Gasteiger partial charge on any atom is -0.362 e. The van der Waals surface area contributed by atoms with E-state index >= 15 is 0 Å². The van der Waals surface area contributed by atoms with Crippen molar-refractivity contribution in [3.8, 4) is 0 Å². The van der Waals surface area contributed by atoms with Crippen LogP contribution in [0.1, 0.15) is 31.2 Å². The summed E-state index contributed by atoms with van der Waals surface area (Å²) in [7, 11) is 3.99. The Kier molecular flexibility index (Phi) is 6.90. The van der Waals surface area contributed by atoms with Crippen molar-refractivity contribution in [1.82, 2.24) is 15.3 Å². The molecule has 1 saturated carbocycles. The highest BCUT2D eigenvalue weighted by molar-refractivity contribution is 6.32. The summed E-state index contributed by atoms with van der Waals surface area (Å²) in [5.74, 6) is 1.47. The highest BCUT2D eigenvalue weighted by Gasteiger charge is 2.23. The molecule has 0 spiro atoms. The molecule has 1 aliphatic carbocycles. The van der Waals surface area contributed by atoms with E-state index in [0.717, 1.165) is 48.0 Å². The normalized spacial score (nSPS) is 18.6. The van der Waals surface area contributed by atoms with Crippen LogP contribution in [0, 0.1) is 0 Å². The molecule has 32 heavy (non-hydrogen) atoms. The van der Waals surface area contributed by atoms with Crippen LogP contribution < -0.4 is 15.5 Å². The van der Waals surface area contributed by atoms with Crippen LogP contribution in [0.2, 0.25) is 5.02 Å². The number of hydrogen-bond acceptors (Lipinski definition) is 5. The topological polar surface area (TPSA) is 70.2 Å². The number of halogens is 1. The highest BCUT2D eigenvalue weighted by Crippen LogP contribution is 2.26. The number of fused-ring (bicyclic) bond motifs is 1. The van der Waals surface area contributed by atoms with Gasteiger partial charge in [0.1, 0.15) is 5.82 Å². The Bertz CT molecular complexity index is 1120. The van der Waals surface area contributed by atoms with Crippen molar-refractivity contribution in [2.45, 2.75) is 37.8 Å². The number of nitrogens with zero attached hydrogens (tertiary/aromatic N) is 3. The monoisotopic (exact) mass is 449 g/mol. The molecule has 4 rings (SSSR count). The zero-order valence-electron chi connectivity index (χ0n) is 18.4. The van der Waals surface area contributed by atoms with Crippen LogP contribution in [0.3, 0.4) is 0 Å². The number of hydrogen-bond donors (Lipinski definition) is 2. The molecule has 166 valence electrons. The number of rotatable bonds is 6. The zero-order valence-corrected chi connectivity index (χ0v) is 19.1. The first-order valence-corrected chi connectivity index (χ1v) is 11.3. The van der Waals surface area contributed by atoms with Gasteiger partial charge < -0.3 is 15.5 Å². The molecule has 2 N–H and O–H groups in total. The van der Waals surface area contributed by atoms with Crippen LogP contribution in [0.5, 0.6) is 0 Å². The minimum atomic E-state index is -0.0881. The third-order valence-corrected chi connectivity index (χ3v) is 6.08. The highest BCUT2D eigenvalue weighted by atomic mass is 35.5. The molecule has 2 aromatic carbocycles. The second-order valence-corrected chi connectivity index (χ2v) is 8.75. The van der Waals surface area contributed by atoms with Gasteiger partial charge in [-0.3, -0.25) is 4.79 Å². The average Bonchev–Trinajstić information content (AvgIpc) is 2.79. The van der Waals surface area contributed by atoms with Crippen molar-refractivity contribution in [3.63, 3.8) is 0 Å². The lowest BCUT2D eigenvalue weighted by molar-refractivity contribution is -0.117. The number of anilines is 2. The van der Waals surface area contributed by atoms with Crippen molar-refractivity contribution in [1.29, 1.82) is 0 Å². The number of benzene rings is 2. The Hall–Kier alpha value is -3.12. The lowest BCUT2D eigenvalue weighted by Crippen LogP contribution is -2.39. The van der Waals surface area contributed by atoms with E-state index in [9.17, 15) is 4.79 Å². The average molecular weight is 450 g/mol. The van der Waals surface area contributed by atoms with Gasteiger partial charge in [-0.1, -0.05) is 41.9 Å². The maximum atomic E-state index is 12.3. The van der Waals surface area contributed by atoms with E-state index in [1.807, 2.05) is 67.5 Å². The summed E-state index contributed by atoms with van der Waals surface area (Å²) in [6.07, 6.45) is 7.04. The van der Waals surface area contributed by atoms with Crippen LogP contribution in [0.25, 0.3) is 17.0 Å². The van der Waals surface area contributed by atoms with E-state index in [1.165, 1.54) is 0 Å².